The van der Waals surface area contributed by atoms with Crippen molar-refractivity contribution in [3.63, 3.8) is 0 Å². The minimum Gasteiger partial charge on any atom is -0.457 e. The van der Waals surface area contributed by atoms with Gasteiger partial charge in [0.15, 0.2) is 0 Å². The van der Waals surface area contributed by atoms with Gasteiger partial charge in [-0.1, -0.05) is 54.1 Å². The molecule has 1 heterocycles. The molecule has 6 heteroatoms. The molecule has 0 aliphatic rings. The van der Waals surface area contributed by atoms with Crippen molar-refractivity contribution in [1.82, 2.24) is 10.3 Å². The fraction of sp³-hybridized carbons (Fsp3) is 0.207. The van der Waals surface area contributed by atoms with E-state index >= 15 is 0 Å². The van der Waals surface area contributed by atoms with Crippen LogP contribution in [-0.2, 0) is 16.1 Å². The van der Waals surface area contributed by atoms with E-state index in [0.717, 1.165) is 33.4 Å². The summed E-state index contributed by atoms with van der Waals surface area (Å²) in [6.07, 6.45) is 10.8. The number of pyridine rings is 1. The first-order valence-corrected chi connectivity index (χ1v) is 11.5. The molecule has 0 spiro atoms. The second kappa shape index (κ2) is 12.4. The van der Waals surface area contributed by atoms with Gasteiger partial charge < -0.3 is 15.8 Å². The number of nitrogens with one attached hydrogen (secondary N) is 1. The van der Waals surface area contributed by atoms with Gasteiger partial charge in [-0.05, 0) is 66.8 Å². The molecule has 0 saturated carbocycles. The summed E-state index contributed by atoms with van der Waals surface area (Å²) in [5.74, 6) is -1.05. The van der Waals surface area contributed by atoms with E-state index in [9.17, 15) is 9.59 Å². The number of amides is 1. The molecular weight excluding hydrogens is 438 g/mol. The van der Waals surface area contributed by atoms with Gasteiger partial charge in [-0.15, -0.1) is 0 Å². The van der Waals surface area contributed by atoms with Crippen molar-refractivity contribution < 1.29 is 14.3 Å². The van der Waals surface area contributed by atoms with Gasteiger partial charge in [0, 0.05) is 25.1 Å². The molecule has 1 aromatic heterocycles. The topological polar surface area (TPSA) is 94.3 Å². The molecule has 3 rings (SSSR count). The Balaban J connectivity index is 1.59. The molecule has 2 aromatic carbocycles. The van der Waals surface area contributed by atoms with Crippen molar-refractivity contribution in [3.05, 3.63) is 112 Å². The fourth-order valence-corrected chi connectivity index (χ4v) is 3.71. The van der Waals surface area contributed by atoms with Crippen LogP contribution < -0.4 is 11.1 Å². The minimum atomic E-state index is -0.501. The van der Waals surface area contributed by atoms with E-state index in [1.807, 2.05) is 81.5 Å². The summed E-state index contributed by atoms with van der Waals surface area (Å²) in [6, 6.07) is 14.9. The van der Waals surface area contributed by atoms with Crippen molar-refractivity contribution in [1.29, 1.82) is 0 Å². The normalized spacial score (nSPS) is 12.1. The van der Waals surface area contributed by atoms with Crippen LogP contribution in [0, 0.1) is 13.8 Å². The van der Waals surface area contributed by atoms with Crippen molar-refractivity contribution in [2.24, 2.45) is 5.73 Å². The van der Waals surface area contributed by atoms with Crippen LogP contribution in [0.15, 0.2) is 73.2 Å². The molecule has 0 radical (unpaired) electrons. The molecule has 0 saturated heterocycles. The number of aromatic nitrogens is 1. The summed E-state index contributed by atoms with van der Waals surface area (Å²) in [4.78, 5) is 29.3. The number of aryl methyl sites for hydroxylation is 2. The third-order valence-electron chi connectivity index (χ3n) is 5.63. The maximum atomic E-state index is 12.8. The average molecular weight is 470 g/mol. The highest BCUT2D eigenvalue weighted by molar-refractivity contribution is 5.91. The first kappa shape index (κ1) is 25.6. The van der Waals surface area contributed by atoms with E-state index in [4.69, 9.17) is 10.5 Å². The van der Waals surface area contributed by atoms with Gasteiger partial charge in [-0.3, -0.25) is 9.78 Å². The summed E-state index contributed by atoms with van der Waals surface area (Å²) < 4.78 is 5.47. The molecule has 0 aliphatic heterocycles. The summed E-state index contributed by atoms with van der Waals surface area (Å²) in [6.45, 7) is 6.13. The number of allylic oxidation sites excluding steroid dienone is 1. The van der Waals surface area contributed by atoms with Crippen molar-refractivity contribution >= 4 is 24.0 Å². The minimum absolute atomic E-state index is 0.148. The molecule has 1 atom stereocenters. The third-order valence-corrected chi connectivity index (χ3v) is 5.63. The fourth-order valence-electron chi connectivity index (χ4n) is 3.71. The number of nitrogens with zero attached hydrogens (tertiary/aromatic N) is 1. The summed E-state index contributed by atoms with van der Waals surface area (Å²) >= 11 is 0. The summed E-state index contributed by atoms with van der Waals surface area (Å²) in [5, 5.41) is 2.82. The highest BCUT2D eigenvalue weighted by Crippen LogP contribution is 2.18. The Bertz CT molecular complexity index is 1230. The monoisotopic (exact) mass is 469 g/mol. The van der Waals surface area contributed by atoms with E-state index in [1.165, 1.54) is 0 Å². The molecule has 0 bridgehead atoms. The highest BCUT2D eigenvalue weighted by Gasteiger charge is 2.18. The van der Waals surface area contributed by atoms with Gasteiger partial charge in [0.25, 0.3) is 0 Å². The van der Waals surface area contributed by atoms with E-state index in [1.54, 1.807) is 24.7 Å². The average Bonchev–Trinajstić information content (AvgIpc) is 2.85. The number of rotatable bonds is 9. The number of hydrogen-bond donors (Lipinski definition) is 2. The Morgan fingerprint density at radius 2 is 1.83 bits per heavy atom. The number of esters is 1. The van der Waals surface area contributed by atoms with Crippen LogP contribution in [0.3, 0.4) is 0 Å². The number of carbonyl (C=O) groups is 2. The van der Waals surface area contributed by atoms with Crippen LogP contribution in [0.2, 0.25) is 0 Å². The lowest BCUT2D eigenvalue weighted by molar-refractivity contribution is -0.121. The molecule has 3 N–H and O–H groups in total. The molecule has 6 nitrogen and oxygen atoms in total. The van der Waals surface area contributed by atoms with E-state index in [-0.39, 0.29) is 25.0 Å². The van der Waals surface area contributed by atoms with Gasteiger partial charge in [-0.25, -0.2) is 4.79 Å². The van der Waals surface area contributed by atoms with E-state index in [2.05, 4.69) is 10.3 Å². The Kier molecular flexibility index (Phi) is 9.09. The van der Waals surface area contributed by atoms with Gasteiger partial charge in [0.2, 0.25) is 5.91 Å². The van der Waals surface area contributed by atoms with Gasteiger partial charge >= 0.3 is 5.97 Å². The Morgan fingerprint density at radius 1 is 1.06 bits per heavy atom. The molecule has 3 aromatic rings. The van der Waals surface area contributed by atoms with Crippen LogP contribution in [-0.4, -0.2) is 23.4 Å². The van der Waals surface area contributed by atoms with Crippen LogP contribution in [0.1, 0.15) is 56.6 Å². The van der Waals surface area contributed by atoms with Crippen molar-refractivity contribution in [2.75, 3.05) is 6.54 Å². The third kappa shape index (κ3) is 6.98. The molecular formula is C29H31N3O3. The first-order chi connectivity index (χ1) is 16.9. The Labute approximate surface area is 206 Å². The predicted octanol–water partition coefficient (Wildman–Crippen LogP) is 4.92. The molecule has 1 unspecified atom stereocenters. The smallest absolute Gasteiger partial charge is 0.338 e. The second-order valence-corrected chi connectivity index (χ2v) is 8.27. The number of hydrogen-bond acceptors (Lipinski definition) is 5. The van der Waals surface area contributed by atoms with Gasteiger partial charge in [-0.2, -0.15) is 0 Å². The number of benzene rings is 2. The van der Waals surface area contributed by atoms with E-state index < -0.39 is 5.92 Å². The summed E-state index contributed by atoms with van der Waals surface area (Å²) in [7, 11) is 0. The number of ether oxygens (including phenoxy) is 1. The second-order valence-electron chi connectivity index (χ2n) is 8.27. The lowest BCUT2D eigenvalue weighted by Crippen LogP contribution is -2.30. The standard InChI is InChI=1S/C29H31N3O3/c1-4-5-25-18-31-14-12-23(25)13-15-32-28(33)27(17-30)24-9-7-22(8-10-24)19-35-29(34)26-11-6-20(2)16-21(26)3/h4-16,18,27H,17,19,30H2,1-3H3,(H,32,33)/b5-4-,15-13+. The van der Waals surface area contributed by atoms with Crippen LogP contribution in [0.5, 0.6) is 0 Å². The van der Waals surface area contributed by atoms with Crippen molar-refractivity contribution in [2.45, 2.75) is 33.3 Å². The number of carbonyl (C=O) groups excluding carboxylic acids is 2. The quantitative estimate of drug-likeness (QED) is 0.434. The van der Waals surface area contributed by atoms with E-state index in [0.29, 0.717) is 5.56 Å². The predicted molar refractivity (Wildman–Crippen MR) is 139 cm³/mol. The lowest BCUT2D eigenvalue weighted by Gasteiger charge is -2.14. The van der Waals surface area contributed by atoms with Crippen molar-refractivity contribution in [3.8, 4) is 0 Å². The zero-order valence-electron chi connectivity index (χ0n) is 20.3. The molecule has 0 aliphatic carbocycles. The summed E-state index contributed by atoms with van der Waals surface area (Å²) in [5.41, 5.74) is 12.0. The van der Waals surface area contributed by atoms with Crippen LogP contribution >= 0.6 is 0 Å². The maximum Gasteiger partial charge on any atom is 0.338 e. The molecule has 180 valence electrons. The Morgan fingerprint density at radius 3 is 2.51 bits per heavy atom. The van der Waals surface area contributed by atoms with Gasteiger partial charge in [0.05, 0.1) is 11.5 Å². The zero-order chi connectivity index (χ0) is 25.2. The molecule has 0 fully saturated rings. The van der Waals surface area contributed by atoms with Crippen LogP contribution in [0.25, 0.3) is 12.2 Å². The zero-order valence-corrected chi connectivity index (χ0v) is 20.3. The molecule has 35 heavy (non-hydrogen) atoms. The Hall–Kier alpha value is -4.03. The molecule has 1 amide bonds. The maximum absolute atomic E-state index is 12.8. The first-order valence-electron chi connectivity index (χ1n) is 11.5. The van der Waals surface area contributed by atoms with Gasteiger partial charge in [0.1, 0.15) is 6.61 Å². The van der Waals surface area contributed by atoms with Crippen LogP contribution in [0.4, 0.5) is 0 Å². The number of nitrogens with two attached hydrogens (primary N) is 1. The largest absolute Gasteiger partial charge is 0.457 e. The lowest BCUT2D eigenvalue weighted by atomic mass is 9.97. The highest BCUT2D eigenvalue weighted by atomic mass is 16.5. The SMILES string of the molecule is C/C=C\c1cnccc1/C=C/NC(=O)C(CN)c1ccc(COC(=O)c2ccc(C)cc2C)cc1.